The Morgan fingerprint density at radius 2 is 1.67 bits per heavy atom. The number of hydrogen-bond acceptors (Lipinski definition) is 3. The van der Waals surface area contributed by atoms with Crippen LogP contribution in [0.3, 0.4) is 0 Å². The van der Waals surface area contributed by atoms with Gasteiger partial charge in [-0.2, -0.15) is 0 Å². The molecule has 0 saturated carbocycles. The Labute approximate surface area is 161 Å². The average Bonchev–Trinajstić information content (AvgIpc) is 3.15. The van der Waals surface area contributed by atoms with Crippen LogP contribution in [0.4, 0.5) is 0 Å². The lowest BCUT2D eigenvalue weighted by molar-refractivity contribution is -0.140. The van der Waals surface area contributed by atoms with E-state index in [0.29, 0.717) is 6.54 Å². The molecule has 5 nitrogen and oxygen atoms in total. The lowest BCUT2D eigenvalue weighted by Gasteiger charge is -2.29. The molecule has 1 aliphatic rings. The van der Waals surface area contributed by atoms with Crippen LogP contribution in [0.2, 0.25) is 0 Å². The SMILES string of the molecule is CC(C)(C)NC(=O)C(=O)NC[C@H](c1cccc2ccccc12)N1CCCC1. The summed E-state index contributed by atoms with van der Waals surface area (Å²) < 4.78 is 0. The first-order valence-corrected chi connectivity index (χ1v) is 9.67. The number of carbonyl (C=O) groups excluding carboxylic acids is 2. The second-order valence-electron chi connectivity index (χ2n) is 8.24. The summed E-state index contributed by atoms with van der Waals surface area (Å²) in [4.78, 5) is 26.8. The number of amides is 2. The minimum absolute atomic E-state index is 0.0602. The molecule has 0 radical (unpaired) electrons. The molecule has 2 amide bonds. The molecule has 1 aliphatic heterocycles. The molecule has 5 heteroatoms. The number of benzene rings is 2. The highest BCUT2D eigenvalue weighted by atomic mass is 16.2. The lowest BCUT2D eigenvalue weighted by atomic mass is 9.97. The molecule has 0 aromatic heterocycles. The first-order valence-electron chi connectivity index (χ1n) is 9.67. The van der Waals surface area contributed by atoms with E-state index in [1.807, 2.05) is 32.9 Å². The van der Waals surface area contributed by atoms with Crippen molar-refractivity contribution in [2.75, 3.05) is 19.6 Å². The molecule has 27 heavy (non-hydrogen) atoms. The molecule has 3 rings (SSSR count). The average molecular weight is 367 g/mol. The van der Waals surface area contributed by atoms with Crippen LogP contribution in [0.25, 0.3) is 10.8 Å². The Kier molecular flexibility index (Phi) is 5.80. The van der Waals surface area contributed by atoms with Gasteiger partial charge >= 0.3 is 11.8 Å². The van der Waals surface area contributed by atoms with Gasteiger partial charge in [0.1, 0.15) is 0 Å². The molecular formula is C22H29N3O2. The van der Waals surface area contributed by atoms with E-state index in [0.717, 1.165) is 13.1 Å². The highest BCUT2D eigenvalue weighted by molar-refractivity contribution is 6.35. The van der Waals surface area contributed by atoms with Crippen LogP contribution in [-0.4, -0.2) is 41.9 Å². The van der Waals surface area contributed by atoms with E-state index in [1.165, 1.54) is 29.2 Å². The first kappa shape index (κ1) is 19.4. The van der Waals surface area contributed by atoms with Gasteiger partial charge in [-0.05, 0) is 63.0 Å². The van der Waals surface area contributed by atoms with Crippen molar-refractivity contribution in [3.63, 3.8) is 0 Å². The van der Waals surface area contributed by atoms with E-state index in [1.54, 1.807) is 0 Å². The summed E-state index contributed by atoms with van der Waals surface area (Å²) in [6.45, 7) is 8.03. The van der Waals surface area contributed by atoms with E-state index >= 15 is 0 Å². The third kappa shape index (κ3) is 4.86. The fourth-order valence-corrected chi connectivity index (χ4v) is 3.70. The fraction of sp³-hybridized carbons (Fsp3) is 0.455. The molecule has 1 heterocycles. The van der Waals surface area contributed by atoms with Crippen LogP contribution >= 0.6 is 0 Å². The predicted octanol–water partition coefficient (Wildman–Crippen LogP) is 3.01. The maximum atomic E-state index is 12.3. The van der Waals surface area contributed by atoms with Gasteiger partial charge in [-0.3, -0.25) is 14.5 Å². The van der Waals surface area contributed by atoms with Crippen LogP contribution in [0, 0.1) is 0 Å². The third-order valence-electron chi connectivity index (χ3n) is 4.91. The topological polar surface area (TPSA) is 61.4 Å². The maximum absolute atomic E-state index is 12.3. The van der Waals surface area contributed by atoms with Crippen molar-refractivity contribution in [3.8, 4) is 0 Å². The summed E-state index contributed by atoms with van der Waals surface area (Å²) in [6.07, 6.45) is 2.33. The Morgan fingerprint density at radius 3 is 2.37 bits per heavy atom. The lowest BCUT2D eigenvalue weighted by Crippen LogP contribution is -2.49. The molecule has 1 atom stereocenters. The van der Waals surface area contributed by atoms with Crippen LogP contribution in [0.5, 0.6) is 0 Å². The number of nitrogens with one attached hydrogen (secondary N) is 2. The standard InChI is InChI=1S/C22H29N3O2/c1-22(2,3)24-21(27)20(26)23-15-19(25-13-6-7-14-25)18-12-8-10-16-9-4-5-11-17(16)18/h4-5,8-12,19H,6-7,13-15H2,1-3H3,(H,23,26)(H,24,27)/t19-/m1/s1. The van der Waals surface area contributed by atoms with E-state index in [2.05, 4.69) is 45.9 Å². The van der Waals surface area contributed by atoms with Gasteiger partial charge in [0.05, 0.1) is 6.04 Å². The quantitative estimate of drug-likeness (QED) is 0.817. The molecule has 1 fully saturated rings. The number of fused-ring (bicyclic) bond motifs is 1. The normalized spacial score (nSPS) is 16.3. The van der Waals surface area contributed by atoms with Gasteiger partial charge in [-0.25, -0.2) is 0 Å². The minimum Gasteiger partial charge on any atom is -0.346 e. The summed E-state index contributed by atoms with van der Waals surface area (Å²) in [6, 6.07) is 14.7. The monoisotopic (exact) mass is 367 g/mol. The number of carbonyl (C=O) groups is 2. The third-order valence-corrected chi connectivity index (χ3v) is 4.91. The van der Waals surface area contributed by atoms with Crippen LogP contribution in [-0.2, 0) is 9.59 Å². The number of rotatable bonds is 4. The zero-order valence-electron chi connectivity index (χ0n) is 16.4. The largest absolute Gasteiger partial charge is 0.346 e. The van der Waals surface area contributed by atoms with Gasteiger partial charge < -0.3 is 10.6 Å². The zero-order chi connectivity index (χ0) is 19.4. The van der Waals surface area contributed by atoms with Crippen molar-refractivity contribution in [2.24, 2.45) is 0 Å². The van der Waals surface area contributed by atoms with Crippen LogP contribution in [0.15, 0.2) is 42.5 Å². The van der Waals surface area contributed by atoms with Gasteiger partial charge in [-0.1, -0.05) is 42.5 Å². The summed E-state index contributed by atoms with van der Waals surface area (Å²) in [5.74, 6) is -1.16. The van der Waals surface area contributed by atoms with Gasteiger partial charge in [0.15, 0.2) is 0 Å². The Bertz CT molecular complexity index is 814. The van der Waals surface area contributed by atoms with Gasteiger partial charge in [-0.15, -0.1) is 0 Å². The van der Waals surface area contributed by atoms with Crippen molar-refractivity contribution >= 4 is 22.6 Å². The molecule has 2 N–H and O–H groups in total. The fourth-order valence-electron chi connectivity index (χ4n) is 3.70. The Morgan fingerprint density at radius 1 is 1.00 bits per heavy atom. The molecule has 0 aliphatic carbocycles. The molecule has 0 unspecified atom stereocenters. The minimum atomic E-state index is -0.583. The van der Waals surface area contributed by atoms with Gasteiger partial charge in [0.25, 0.3) is 0 Å². The zero-order valence-corrected chi connectivity index (χ0v) is 16.4. The number of hydrogen-bond donors (Lipinski definition) is 2. The van der Waals surface area contributed by atoms with Crippen molar-refractivity contribution < 1.29 is 9.59 Å². The smallest absolute Gasteiger partial charge is 0.309 e. The summed E-state index contributed by atoms with van der Waals surface area (Å²) in [5.41, 5.74) is 0.768. The number of likely N-dealkylation sites (tertiary alicyclic amines) is 1. The summed E-state index contributed by atoms with van der Waals surface area (Å²) >= 11 is 0. The molecule has 0 spiro atoms. The van der Waals surface area contributed by atoms with Crippen LogP contribution in [0.1, 0.15) is 45.2 Å². The summed E-state index contributed by atoms with van der Waals surface area (Å²) in [5, 5.41) is 7.96. The van der Waals surface area contributed by atoms with Gasteiger partial charge in [0, 0.05) is 12.1 Å². The molecule has 2 aromatic rings. The van der Waals surface area contributed by atoms with E-state index in [9.17, 15) is 9.59 Å². The van der Waals surface area contributed by atoms with Gasteiger partial charge in [0.2, 0.25) is 0 Å². The molecule has 0 bridgehead atoms. The first-order chi connectivity index (χ1) is 12.8. The Hall–Kier alpha value is -2.40. The molecular weight excluding hydrogens is 338 g/mol. The molecule has 1 saturated heterocycles. The van der Waals surface area contributed by atoms with Crippen molar-refractivity contribution in [1.82, 2.24) is 15.5 Å². The predicted molar refractivity (Wildman–Crippen MR) is 108 cm³/mol. The van der Waals surface area contributed by atoms with Crippen molar-refractivity contribution in [1.29, 1.82) is 0 Å². The molecule has 2 aromatic carbocycles. The van der Waals surface area contributed by atoms with Crippen molar-refractivity contribution in [3.05, 3.63) is 48.0 Å². The summed E-state index contributed by atoms with van der Waals surface area (Å²) in [7, 11) is 0. The van der Waals surface area contributed by atoms with E-state index in [-0.39, 0.29) is 6.04 Å². The van der Waals surface area contributed by atoms with Crippen molar-refractivity contribution in [2.45, 2.75) is 45.2 Å². The maximum Gasteiger partial charge on any atom is 0.309 e. The molecule has 144 valence electrons. The van der Waals surface area contributed by atoms with E-state index < -0.39 is 17.4 Å². The van der Waals surface area contributed by atoms with E-state index in [4.69, 9.17) is 0 Å². The second-order valence-corrected chi connectivity index (χ2v) is 8.24. The second kappa shape index (κ2) is 8.09. The Balaban J connectivity index is 1.80. The highest BCUT2D eigenvalue weighted by Crippen LogP contribution is 2.30. The number of nitrogens with zero attached hydrogens (tertiary/aromatic N) is 1. The van der Waals surface area contributed by atoms with Crippen LogP contribution < -0.4 is 10.6 Å². The highest BCUT2D eigenvalue weighted by Gasteiger charge is 2.27.